The number of nitrogens with one attached hydrogen (secondary N) is 1. The zero-order valence-corrected chi connectivity index (χ0v) is 13.1. The highest BCUT2D eigenvalue weighted by Crippen LogP contribution is 2.29. The van der Waals surface area contributed by atoms with E-state index >= 15 is 0 Å². The molecule has 0 saturated carbocycles. The summed E-state index contributed by atoms with van der Waals surface area (Å²) in [6.45, 7) is -0.155. The third kappa shape index (κ3) is 3.55. The molecule has 2 aromatic heterocycles. The second-order valence-corrected chi connectivity index (χ2v) is 5.50. The normalized spacial score (nSPS) is 11.7. The van der Waals surface area contributed by atoms with Crippen molar-refractivity contribution in [2.24, 2.45) is 0 Å². The lowest BCUT2D eigenvalue weighted by Crippen LogP contribution is -2.25. The quantitative estimate of drug-likeness (QED) is 0.716. The fourth-order valence-electron chi connectivity index (χ4n) is 2.16. The van der Waals surface area contributed by atoms with Gasteiger partial charge < -0.3 is 5.32 Å². The van der Waals surface area contributed by atoms with Gasteiger partial charge in [-0.05, 0) is 30.3 Å². The molecular formula is C15H9ClF4N4O. The second-order valence-electron chi connectivity index (χ2n) is 5.06. The molecule has 0 spiro atoms. The summed E-state index contributed by atoms with van der Waals surface area (Å²) in [6.07, 6.45) is -3.34. The van der Waals surface area contributed by atoms with Gasteiger partial charge in [-0.1, -0.05) is 11.6 Å². The number of rotatable bonds is 3. The number of halogens is 5. The predicted molar refractivity (Wildman–Crippen MR) is 80.6 cm³/mol. The van der Waals surface area contributed by atoms with Gasteiger partial charge >= 0.3 is 6.18 Å². The molecule has 1 amide bonds. The van der Waals surface area contributed by atoms with Crippen LogP contribution in [0.25, 0.3) is 5.65 Å². The van der Waals surface area contributed by atoms with E-state index in [1.165, 1.54) is 16.5 Å². The fraction of sp³-hybridized carbons (Fsp3) is 0.133. The number of carbonyl (C=O) groups is 1. The highest BCUT2D eigenvalue weighted by Gasteiger charge is 2.31. The number of aromatic nitrogens is 3. The van der Waals surface area contributed by atoms with E-state index in [0.29, 0.717) is 0 Å². The lowest BCUT2D eigenvalue weighted by atomic mass is 10.2. The topological polar surface area (TPSA) is 59.3 Å². The molecule has 3 rings (SSSR count). The number of benzene rings is 1. The molecule has 0 bridgehead atoms. The highest BCUT2D eigenvalue weighted by atomic mass is 35.5. The zero-order chi connectivity index (χ0) is 18.2. The lowest BCUT2D eigenvalue weighted by molar-refractivity contribution is -0.137. The Balaban J connectivity index is 1.79. The molecule has 25 heavy (non-hydrogen) atoms. The Morgan fingerprint density at radius 3 is 2.68 bits per heavy atom. The van der Waals surface area contributed by atoms with E-state index in [1.807, 2.05) is 0 Å². The number of hydrogen-bond donors (Lipinski definition) is 1. The Bertz CT molecular complexity index is 954. The summed E-state index contributed by atoms with van der Waals surface area (Å²) in [5, 5.41) is 9.99. The van der Waals surface area contributed by atoms with Crippen molar-refractivity contribution < 1.29 is 22.4 Å². The maximum atomic E-state index is 13.6. The number of amides is 1. The molecule has 0 fully saturated rings. The van der Waals surface area contributed by atoms with E-state index in [1.54, 1.807) is 0 Å². The van der Waals surface area contributed by atoms with Gasteiger partial charge in [0.05, 0.1) is 17.7 Å². The van der Waals surface area contributed by atoms with Gasteiger partial charge in [0.15, 0.2) is 11.5 Å². The summed E-state index contributed by atoms with van der Waals surface area (Å²) in [4.78, 5) is 12.0. The number of pyridine rings is 1. The van der Waals surface area contributed by atoms with Crippen molar-refractivity contribution in [1.29, 1.82) is 0 Å². The van der Waals surface area contributed by atoms with Crippen LogP contribution in [-0.2, 0) is 12.7 Å². The summed E-state index contributed by atoms with van der Waals surface area (Å²) in [7, 11) is 0. The molecule has 10 heteroatoms. The number of nitrogens with zero attached hydrogens (tertiary/aromatic N) is 3. The number of fused-ring (bicyclic) bond motifs is 1. The Morgan fingerprint density at radius 1 is 1.20 bits per heavy atom. The van der Waals surface area contributed by atoms with Crippen LogP contribution in [0.5, 0.6) is 0 Å². The maximum absolute atomic E-state index is 13.6. The van der Waals surface area contributed by atoms with E-state index in [9.17, 15) is 22.4 Å². The fourth-order valence-corrected chi connectivity index (χ4v) is 2.34. The molecule has 1 N–H and O–H groups in total. The number of carbonyl (C=O) groups excluding carboxylic acids is 1. The van der Waals surface area contributed by atoms with Gasteiger partial charge in [-0.25, -0.2) is 4.39 Å². The molecule has 0 saturated heterocycles. The summed E-state index contributed by atoms with van der Waals surface area (Å²) in [6, 6.07) is 5.25. The molecule has 1 aromatic carbocycles. The van der Waals surface area contributed by atoms with Crippen LogP contribution in [0.3, 0.4) is 0 Å². The van der Waals surface area contributed by atoms with Crippen molar-refractivity contribution in [3.63, 3.8) is 0 Å². The van der Waals surface area contributed by atoms with Crippen molar-refractivity contribution in [3.8, 4) is 0 Å². The minimum atomic E-state index is -4.49. The van der Waals surface area contributed by atoms with Crippen molar-refractivity contribution in [3.05, 3.63) is 64.3 Å². The summed E-state index contributed by atoms with van der Waals surface area (Å²) in [5.74, 6) is -1.29. The lowest BCUT2D eigenvalue weighted by Gasteiger charge is -2.08. The molecule has 2 heterocycles. The number of hydrogen-bond acceptors (Lipinski definition) is 3. The van der Waals surface area contributed by atoms with Gasteiger partial charge in [0.2, 0.25) is 0 Å². The van der Waals surface area contributed by atoms with Crippen molar-refractivity contribution in [1.82, 2.24) is 19.9 Å². The maximum Gasteiger partial charge on any atom is 0.416 e. The van der Waals surface area contributed by atoms with Crippen molar-refractivity contribution >= 4 is 23.2 Å². The van der Waals surface area contributed by atoms with Crippen molar-refractivity contribution in [2.75, 3.05) is 0 Å². The third-order valence-corrected chi connectivity index (χ3v) is 3.62. The van der Waals surface area contributed by atoms with E-state index < -0.39 is 23.5 Å². The third-order valence-electron chi connectivity index (χ3n) is 3.39. The molecule has 0 aliphatic carbocycles. The summed E-state index contributed by atoms with van der Waals surface area (Å²) in [5.41, 5.74) is -1.13. The van der Waals surface area contributed by atoms with Crippen LogP contribution in [0.15, 0.2) is 36.5 Å². The van der Waals surface area contributed by atoms with Crippen LogP contribution in [0.4, 0.5) is 17.6 Å². The Labute approximate surface area is 143 Å². The van der Waals surface area contributed by atoms with E-state index in [2.05, 4.69) is 15.5 Å². The highest BCUT2D eigenvalue weighted by molar-refractivity contribution is 6.31. The van der Waals surface area contributed by atoms with Crippen LogP contribution < -0.4 is 5.32 Å². The van der Waals surface area contributed by atoms with Crippen LogP contribution in [-0.4, -0.2) is 20.5 Å². The predicted octanol–water partition coefficient (Wildman–Crippen LogP) is 3.47. The largest absolute Gasteiger partial charge is 0.416 e. The molecule has 0 unspecified atom stereocenters. The molecule has 0 aliphatic rings. The average Bonchev–Trinajstić information content (AvgIpc) is 2.96. The summed E-state index contributed by atoms with van der Waals surface area (Å²) < 4.78 is 53.0. The van der Waals surface area contributed by atoms with Crippen LogP contribution in [0, 0.1) is 5.82 Å². The van der Waals surface area contributed by atoms with Gasteiger partial charge in [-0.15, -0.1) is 10.2 Å². The van der Waals surface area contributed by atoms with Gasteiger partial charge in [0.25, 0.3) is 5.91 Å². The summed E-state index contributed by atoms with van der Waals surface area (Å²) >= 11 is 5.73. The first-order valence-corrected chi connectivity index (χ1v) is 7.27. The number of alkyl halides is 3. The van der Waals surface area contributed by atoms with Crippen LogP contribution in [0.1, 0.15) is 21.7 Å². The van der Waals surface area contributed by atoms with Crippen molar-refractivity contribution in [2.45, 2.75) is 12.7 Å². The van der Waals surface area contributed by atoms with E-state index in [4.69, 9.17) is 11.6 Å². The van der Waals surface area contributed by atoms with Gasteiger partial charge in [-0.3, -0.25) is 9.20 Å². The van der Waals surface area contributed by atoms with Gasteiger partial charge in [0, 0.05) is 11.2 Å². The first-order chi connectivity index (χ1) is 11.8. The first-order valence-electron chi connectivity index (χ1n) is 6.90. The standard InChI is InChI=1S/C15H9ClF4N4O/c16-9-1-2-11(17)10(6-9)14(25)21-7-13-23-22-12-5-8(15(18,19)20)3-4-24(12)13/h1-6H,7H2,(H,21,25). The molecule has 5 nitrogen and oxygen atoms in total. The van der Waals surface area contributed by atoms with Crippen LogP contribution >= 0.6 is 11.6 Å². The molecular weight excluding hydrogens is 364 g/mol. The molecule has 0 radical (unpaired) electrons. The minimum absolute atomic E-state index is 0.0204. The molecule has 3 aromatic rings. The van der Waals surface area contributed by atoms with Crippen LogP contribution in [0.2, 0.25) is 5.02 Å². The van der Waals surface area contributed by atoms with Gasteiger partial charge in [-0.2, -0.15) is 13.2 Å². The molecule has 130 valence electrons. The molecule has 0 atom stereocenters. The van der Waals surface area contributed by atoms with E-state index in [0.717, 1.165) is 24.4 Å². The van der Waals surface area contributed by atoms with E-state index in [-0.39, 0.29) is 28.6 Å². The second kappa shape index (κ2) is 6.32. The van der Waals surface area contributed by atoms with Gasteiger partial charge in [0.1, 0.15) is 5.82 Å². The molecule has 0 aliphatic heterocycles. The average molecular weight is 373 g/mol. The SMILES string of the molecule is O=C(NCc1nnc2cc(C(F)(F)F)ccn12)c1cc(Cl)ccc1F. The minimum Gasteiger partial charge on any atom is -0.345 e. The Hall–Kier alpha value is -2.68. The first kappa shape index (κ1) is 17.2. The Morgan fingerprint density at radius 2 is 1.96 bits per heavy atom. The smallest absolute Gasteiger partial charge is 0.345 e. The monoisotopic (exact) mass is 372 g/mol. The zero-order valence-electron chi connectivity index (χ0n) is 12.3. The Kier molecular flexibility index (Phi) is 4.34.